The third kappa shape index (κ3) is 2.57. The Labute approximate surface area is 103 Å². The molecule has 0 saturated heterocycles. The van der Waals surface area contributed by atoms with Gasteiger partial charge in [0.25, 0.3) is 0 Å². The van der Waals surface area contributed by atoms with Crippen molar-refractivity contribution in [3.05, 3.63) is 30.2 Å². The van der Waals surface area contributed by atoms with Crippen LogP contribution in [0, 0.1) is 0 Å². The Morgan fingerprint density at radius 2 is 2.00 bits per heavy atom. The number of rotatable bonds is 4. The van der Waals surface area contributed by atoms with Crippen LogP contribution in [0.4, 0.5) is 0 Å². The van der Waals surface area contributed by atoms with Crippen molar-refractivity contribution in [1.29, 1.82) is 0 Å². The maximum atomic E-state index is 5.60. The summed E-state index contributed by atoms with van der Waals surface area (Å²) in [6, 6.07) is 8.02. The number of hydrogen-bond acceptors (Lipinski definition) is 4. The second kappa shape index (κ2) is 5.37. The first kappa shape index (κ1) is 11.5. The van der Waals surface area contributed by atoms with Crippen molar-refractivity contribution in [3.8, 4) is 11.5 Å². The quantitative estimate of drug-likeness (QED) is 0.620. The van der Waals surface area contributed by atoms with Gasteiger partial charge < -0.3 is 4.42 Å². The minimum absolute atomic E-state index is 0.493. The van der Waals surface area contributed by atoms with E-state index in [1.807, 2.05) is 30.5 Å². The third-order valence-corrected chi connectivity index (χ3v) is 3.04. The first-order valence-electron chi connectivity index (χ1n) is 4.86. The lowest BCUT2D eigenvalue weighted by atomic mass is 10.2. The van der Waals surface area contributed by atoms with Gasteiger partial charge in [0.1, 0.15) is 0 Å². The topological polar surface area (TPSA) is 38.9 Å². The smallest absolute Gasteiger partial charge is 0.247 e. The van der Waals surface area contributed by atoms with Crippen molar-refractivity contribution in [3.63, 3.8) is 0 Å². The molecule has 1 heterocycles. The van der Waals surface area contributed by atoms with Crippen LogP contribution in [0.1, 0.15) is 5.89 Å². The number of nitrogens with zero attached hydrogens (tertiary/aromatic N) is 2. The van der Waals surface area contributed by atoms with Crippen LogP contribution >= 0.6 is 23.4 Å². The first-order chi connectivity index (χ1) is 7.83. The van der Waals surface area contributed by atoms with Gasteiger partial charge in [0, 0.05) is 22.8 Å². The zero-order chi connectivity index (χ0) is 11.4. The van der Waals surface area contributed by atoms with Gasteiger partial charge >= 0.3 is 0 Å². The summed E-state index contributed by atoms with van der Waals surface area (Å²) in [6.45, 7) is 0. The first-order valence-corrected chi connectivity index (χ1v) is 6.62. The largest absolute Gasteiger partial charge is 0.421 e. The fourth-order valence-corrected chi connectivity index (χ4v) is 1.86. The molecule has 0 amide bonds. The third-order valence-electron chi connectivity index (χ3n) is 2.11. The van der Waals surface area contributed by atoms with E-state index in [2.05, 4.69) is 10.2 Å². The van der Waals surface area contributed by atoms with E-state index in [9.17, 15) is 0 Å². The van der Waals surface area contributed by atoms with E-state index in [1.165, 1.54) is 4.90 Å². The van der Waals surface area contributed by atoms with Crippen LogP contribution in [-0.2, 0) is 6.42 Å². The number of hydrogen-bond donors (Lipinski definition) is 0. The van der Waals surface area contributed by atoms with Crippen LogP contribution < -0.4 is 0 Å². The molecule has 0 N–H and O–H groups in total. The summed E-state index contributed by atoms with van der Waals surface area (Å²) in [6.07, 6.45) is 2.65. The molecule has 0 aliphatic heterocycles. The van der Waals surface area contributed by atoms with Crippen LogP contribution in [0.25, 0.3) is 11.5 Å². The van der Waals surface area contributed by atoms with E-state index in [4.69, 9.17) is 16.0 Å². The van der Waals surface area contributed by atoms with Crippen molar-refractivity contribution >= 4 is 23.4 Å². The second-order valence-electron chi connectivity index (χ2n) is 3.17. The molecule has 0 bridgehead atoms. The predicted octanol–water partition coefficient (Wildman–Crippen LogP) is 3.24. The average molecular weight is 255 g/mol. The molecule has 0 aliphatic carbocycles. The van der Waals surface area contributed by atoms with Gasteiger partial charge in [0.15, 0.2) is 0 Å². The van der Waals surface area contributed by atoms with Crippen molar-refractivity contribution in [2.24, 2.45) is 0 Å². The van der Waals surface area contributed by atoms with E-state index in [0.29, 0.717) is 24.1 Å². The monoisotopic (exact) mass is 254 g/mol. The standard InChI is InChI=1S/C11H11ClN2OS/c1-16-9-4-2-8(3-5-9)11-14-13-10(15-11)6-7-12/h2-5H,6-7H2,1H3. The van der Waals surface area contributed by atoms with Gasteiger partial charge in [-0.1, -0.05) is 0 Å². The fourth-order valence-electron chi connectivity index (χ4n) is 1.29. The summed E-state index contributed by atoms with van der Waals surface area (Å²) >= 11 is 7.30. The Bertz CT molecular complexity index is 455. The van der Waals surface area contributed by atoms with Gasteiger partial charge in [-0.2, -0.15) is 0 Å². The lowest BCUT2D eigenvalue weighted by Crippen LogP contribution is -1.84. The molecule has 0 radical (unpaired) electrons. The molecule has 0 aliphatic rings. The number of alkyl halides is 1. The molecular weight excluding hydrogens is 244 g/mol. The van der Waals surface area contributed by atoms with Gasteiger partial charge in [0.05, 0.1) is 0 Å². The van der Waals surface area contributed by atoms with E-state index in [1.54, 1.807) is 11.8 Å². The van der Waals surface area contributed by atoms with Crippen LogP contribution in [0.15, 0.2) is 33.6 Å². The summed E-state index contributed by atoms with van der Waals surface area (Å²) in [5, 5.41) is 7.90. The van der Waals surface area contributed by atoms with Crippen molar-refractivity contribution in [2.75, 3.05) is 12.1 Å². The fraction of sp³-hybridized carbons (Fsp3) is 0.273. The van der Waals surface area contributed by atoms with Crippen molar-refractivity contribution in [1.82, 2.24) is 10.2 Å². The molecular formula is C11H11ClN2OS. The Morgan fingerprint density at radius 3 is 2.62 bits per heavy atom. The van der Waals surface area contributed by atoms with Crippen LogP contribution in [0.3, 0.4) is 0 Å². The van der Waals surface area contributed by atoms with E-state index >= 15 is 0 Å². The van der Waals surface area contributed by atoms with Crippen LogP contribution in [-0.4, -0.2) is 22.3 Å². The lowest BCUT2D eigenvalue weighted by molar-refractivity contribution is 0.513. The van der Waals surface area contributed by atoms with Crippen LogP contribution in [0.2, 0.25) is 0 Å². The summed E-state index contributed by atoms with van der Waals surface area (Å²) in [7, 11) is 0. The minimum atomic E-state index is 0.493. The van der Waals surface area contributed by atoms with Gasteiger partial charge in [-0.25, -0.2) is 0 Å². The number of aryl methyl sites for hydroxylation is 1. The molecule has 0 fully saturated rings. The maximum Gasteiger partial charge on any atom is 0.247 e. The predicted molar refractivity (Wildman–Crippen MR) is 65.9 cm³/mol. The Morgan fingerprint density at radius 1 is 1.25 bits per heavy atom. The molecule has 0 saturated carbocycles. The summed E-state index contributed by atoms with van der Waals surface area (Å²) < 4.78 is 5.47. The highest BCUT2D eigenvalue weighted by Gasteiger charge is 2.07. The van der Waals surface area contributed by atoms with Gasteiger partial charge in [0.2, 0.25) is 11.8 Å². The summed E-state index contributed by atoms with van der Waals surface area (Å²) in [5.41, 5.74) is 0.936. The minimum Gasteiger partial charge on any atom is -0.421 e. The molecule has 84 valence electrons. The van der Waals surface area contributed by atoms with Crippen molar-refractivity contribution < 1.29 is 4.42 Å². The molecule has 0 atom stereocenters. The Hall–Kier alpha value is -1.00. The highest BCUT2D eigenvalue weighted by atomic mass is 35.5. The SMILES string of the molecule is CSc1ccc(-c2nnc(CCCl)o2)cc1. The molecule has 1 aromatic carbocycles. The van der Waals surface area contributed by atoms with Gasteiger partial charge in [-0.05, 0) is 30.5 Å². The number of aromatic nitrogens is 2. The Kier molecular flexibility index (Phi) is 3.85. The number of benzene rings is 1. The molecule has 1 aromatic heterocycles. The van der Waals surface area contributed by atoms with E-state index < -0.39 is 0 Å². The highest BCUT2D eigenvalue weighted by Crippen LogP contribution is 2.22. The van der Waals surface area contributed by atoms with Gasteiger partial charge in [-0.3, -0.25) is 0 Å². The number of halogens is 1. The second-order valence-corrected chi connectivity index (χ2v) is 4.43. The zero-order valence-corrected chi connectivity index (χ0v) is 10.4. The maximum absolute atomic E-state index is 5.60. The molecule has 0 unspecified atom stereocenters. The van der Waals surface area contributed by atoms with Crippen molar-refractivity contribution in [2.45, 2.75) is 11.3 Å². The van der Waals surface area contributed by atoms with Crippen LogP contribution in [0.5, 0.6) is 0 Å². The zero-order valence-electron chi connectivity index (χ0n) is 8.81. The Balaban J connectivity index is 2.21. The summed E-state index contributed by atoms with van der Waals surface area (Å²) in [5.74, 6) is 1.62. The molecule has 5 heteroatoms. The normalized spacial score (nSPS) is 10.6. The lowest BCUT2D eigenvalue weighted by Gasteiger charge is -1.97. The van der Waals surface area contributed by atoms with Gasteiger partial charge in [-0.15, -0.1) is 33.6 Å². The van der Waals surface area contributed by atoms with E-state index in [-0.39, 0.29) is 0 Å². The molecule has 0 spiro atoms. The molecule has 2 aromatic rings. The molecule has 3 nitrogen and oxygen atoms in total. The molecule has 16 heavy (non-hydrogen) atoms. The highest BCUT2D eigenvalue weighted by molar-refractivity contribution is 7.98. The number of thioether (sulfide) groups is 1. The summed E-state index contributed by atoms with van der Waals surface area (Å²) in [4.78, 5) is 1.21. The van der Waals surface area contributed by atoms with E-state index in [0.717, 1.165) is 5.56 Å². The average Bonchev–Trinajstić information content (AvgIpc) is 2.78. The molecule has 2 rings (SSSR count).